The Hall–Kier alpha value is -1.44. The molecule has 24 heavy (non-hydrogen) atoms. The van der Waals surface area contributed by atoms with E-state index in [-0.39, 0.29) is 18.7 Å². The molecule has 0 radical (unpaired) electrons. The number of hydrogen-bond acceptors (Lipinski definition) is 6. The number of unbranched alkanes of at least 4 members (excludes halogenated alkanes) is 1. The van der Waals surface area contributed by atoms with Gasteiger partial charge in [-0.15, -0.1) is 5.10 Å². The summed E-state index contributed by atoms with van der Waals surface area (Å²) in [6.45, 7) is 3.84. The molecule has 0 saturated carbocycles. The maximum absolute atomic E-state index is 9.85. The van der Waals surface area contributed by atoms with E-state index in [1.165, 1.54) is 5.56 Å². The first-order valence-corrected chi connectivity index (χ1v) is 9.73. The number of tetrazole rings is 1. The predicted molar refractivity (Wildman–Crippen MR) is 95.6 cm³/mol. The lowest BCUT2D eigenvalue weighted by Crippen LogP contribution is -2.46. The van der Waals surface area contributed by atoms with Crippen LogP contribution >= 0.6 is 11.8 Å². The predicted octanol–water partition coefficient (Wildman–Crippen LogP) is 2.12. The zero-order valence-electron chi connectivity index (χ0n) is 14.1. The number of aliphatic hydroxyl groups is 1. The summed E-state index contributed by atoms with van der Waals surface area (Å²) in [6, 6.07) is 10.9. The molecule has 0 amide bonds. The summed E-state index contributed by atoms with van der Waals surface area (Å²) in [5.74, 6) is 2.85. The van der Waals surface area contributed by atoms with E-state index in [4.69, 9.17) is 0 Å². The van der Waals surface area contributed by atoms with Crippen molar-refractivity contribution >= 4 is 11.8 Å². The van der Waals surface area contributed by atoms with E-state index in [1.807, 2.05) is 22.5 Å². The lowest BCUT2D eigenvalue weighted by atomic mass is 10.0. The van der Waals surface area contributed by atoms with Crippen LogP contribution in [-0.4, -0.2) is 54.4 Å². The molecule has 1 aliphatic rings. The molecule has 2 aromatic rings. The third-order valence-corrected chi connectivity index (χ3v) is 5.68. The first-order chi connectivity index (χ1) is 11.8. The van der Waals surface area contributed by atoms with E-state index in [9.17, 15) is 5.11 Å². The van der Waals surface area contributed by atoms with Crippen LogP contribution in [0.1, 0.15) is 37.2 Å². The van der Waals surface area contributed by atoms with Gasteiger partial charge in [-0.05, 0) is 22.4 Å². The summed E-state index contributed by atoms with van der Waals surface area (Å²) < 4.78 is 1.90. The highest BCUT2D eigenvalue weighted by atomic mass is 32.2. The number of benzene rings is 1. The lowest BCUT2D eigenvalue weighted by molar-refractivity contribution is 0.0874. The van der Waals surface area contributed by atoms with E-state index in [1.54, 1.807) is 0 Å². The Bertz CT molecular complexity index is 620. The number of nitrogens with zero attached hydrogens (tertiary/aromatic N) is 5. The molecule has 1 aliphatic heterocycles. The summed E-state index contributed by atoms with van der Waals surface area (Å²) >= 11 is 1.90. The second kappa shape index (κ2) is 8.60. The van der Waals surface area contributed by atoms with E-state index in [2.05, 4.69) is 51.6 Å². The van der Waals surface area contributed by atoms with Crippen molar-refractivity contribution in [2.45, 2.75) is 44.9 Å². The van der Waals surface area contributed by atoms with Gasteiger partial charge in [0.2, 0.25) is 0 Å². The summed E-state index contributed by atoms with van der Waals surface area (Å²) in [5.41, 5.74) is 1.29. The molecule has 130 valence electrons. The van der Waals surface area contributed by atoms with Gasteiger partial charge in [0.05, 0.1) is 13.2 Å². The zero-order chi connectivity index (χ0) is 16.8. The molecule has 1 aromatic carbocycles. The summed E-state index contributed by atoms with van der Waals surface area (Å²) in [5, 5.41) is 22.1. The maximum atomic E-state index is 9.85. The maximum Gasteiger partial charge on any atom is 0.165 e. The molecule has 0 unspecified atom stereocenters. The fourth-order valence-electron chi connectivity index (χ4n) is 3.10. The van der Waals surface area contributed by atoms with Crippen molar-refractivity contribution in [1.82, 2.24) is 25.1 Å². The largest absolute Gasteiger partial charge is 0.395 e. The van der Waals surface area contributed by atoms with Crippen LogP contribution in [0.3, 0.4) is 0 Å². The van der Waals surface area contributed by atoms with E-state index in [0.29, 0.717) is 6.54 Å². The average Bonchev–Trinajstić information content (AvgIpc) is 3.08. The smallest absolute Gasteiger partial charge is 0.165 e. The minimum atomic E-state index is 0.130. The van der Waals surface area contributed by atoms with Gasteiger partial charge in [-0.1, -0.05) is 43.7 Å². The van der Waals surface area contributed by atoms with Crippen molar-refractivity contribution in [3.63, 3.8) is 0 Å². The Morgan fingerprint density at radius 3 is 2.83 bits per heavy atom. The van der Waals surface area contributed by atoms with Gasteiger partial charge in [-0.3, -0.25) is 4.90 Å². The molecule has 1 N–H and O–H groups in total. The summed E-state index contributed by atoms with van der Waals surface area (Å²) in [7, 11) is 0. The van der Waals surface area contributed by atoms with Crippen molar-refractivity contribution in [1.29, 1.82) is 0 Å². The lowest BCUT2D eigenvalue weighted by Gasteiger charge is -2.41. The molecule has 0 bridgehead atoms. The van der Waals surface area contributed by atoms with Gasteiger partial charge in [0, 0.05) is 30.1 Å². The number of aryl methyl sites for hydroxylation is 1. The third-order valence-electron chi connectivity index (χ3n) is 4.50. The van der Waals surface area contributed by atoms with Crippen LogP contribution in [0.15, 0.2) is 30.3 Å². The molecular weight excluding hydrogens is 322 g/mol. The number of hydrogen-bond donors (Lipinski definition) is 1. The number of rotatable bonds is 7. The van der Waals surface area contributed by atoms with Gasteiger partial charge in [0.1, 0.15) is 0 Å². The van der Waals surface area contributed by atoms with Crippen molar-refractivity contribution in [2.75, 3.05) is 18.1 Å². The second-order valence-electron chi connectivity index (χ2n) is 6.14. The quantitative estimate of drug-likeness (QED) is 0.827. The van der Waals surface area contributed by atoms with Crippen LogP contribution in [0.25, 0.3) is 0 Å². The summed E-state index contributed by atoms with van der Waals surface area (Å²) in [4.78, 5) is 2.36. The first-order valence-electron chi connectivity index (χ1n) is 8.57. The van der Waals surface area contributed by atoms with Crippen LogP contribution in [0.4, 0.5) is 0 Å². The Labute approximate surface area is 147 Å². The van der Waals surface area contributed by atoms with E-state index < -0.39 is 0 Å². The average molecular weight is 347 g/mol. The SMILES string of the molecule is CCCCn1nnnc1CN1[C@H](CO)CSC[C@H]1c1ccccc1. The van der Waals surface area contributed by atoms with Gasteiger partial charge in [-0.25, -0.2) is 4.68 Å². The molecule has 3 rings (SSSR count). The fourth-order valence-corrected chi connectivity index (χ4v) is 4.42. The van der Waals surface area contributed by atoms with Crippen LogP contribution in [0.5, 0.6) is 0 Å². The molecule has 1 saturated heterocycles. The summed E-state index contributed by atoms with van der Waals surface area (Å²) in [6.07, 6.45) is 2.19. The van der Waals surface area contributed by atoms with E-state index in [0.717, 1.165) is 36.7 Å². The van der Waals surface area contributed by atoms with Gasteiger partial charge >= 0.3 is 0 Å². The minimum Gasteiger partial charge on any atom is -0.395 e. The normalized spacial score (nSPS) is 21.9. The standard InChI is InChI=1S/C17H25N5OS/c1-2-3-9-22-17(18-19-20-22)10-21-15(11-23)12-24-13-16(21)14-7-5-4-6-8-14/h4-8,15-16,23H,2-3,9-13H2,1H3/t15-,16+/m1/s1. The molecule has 1 aromatic heterocycles. The molecule has 2 atom stereocenters. The molecule has 1 fully saturated rings. The zero-order valence-corrected chi connectivity index (χ0v) is 14.9. The highest BCUT2D eigenvalue weighted by molar-refractivity contribution is 7.99. The molecular formula is C17H25N5OS. The van der Waals surface area contributed by atoms with Crippen molar-refractivity contribution in [2.24, 2.45) is 0 Å². The molecule has 2 heterocycles. The number of aliphatic hydroxyl groups excluding tert-OH is 1. The number of thioether (sulfide) groups is 1. The molecule has 0 aliphatic carbocycles. The van der Waals surface area contributed by atoms with Crippen LogP contribution in [0.2, 0.25) is 0 Å². The van der Waals surface area contributed by atoms with Crippen LogP contribution in [0, 0.1) is 0 Å². The van der Waals surface area contributed by atoms with Crippen molar-refractivity contribution in [3.8, 4) is 0 Å². The van der Waals surface area contributed by atoms with Gasteiger partial charge < -0.3 is 5.11 Å². The molecule has 6 nitrogen and oxygen atoms in total. The monoisotopic (exact) mass is 347 g/mol. The van der Waals surface area contributed by atoms with Crippen LogP contribution < -0.4 is 0 Å². The van der Waals surface area contributed by atoms with Gasteiger partial charge in [-0.2, -0.15) is 11.8 Å². The highest BCUT2D eigenvalue weighted by Gasteiger charge is 2.32. The fraction of sp³-hybridized carbons (Fsp3) is 0.588. The Morgan fingerprint density at radius 1 is 1.25 bits per heavy atom. The topological polar surface area (TPSA) is 67.1 Å². The second-order valence-corrected chi connectivity index (χ2v) is 7.22. The van der Waals surface area contributed by atoms with Crippen LogP contribution in [-0.2, 0) is 13.1 Å². The van der Waals surface area contributed by atoms with E-state index >= 15 is 0 Å². The van der Waals surface area contributed by atoms with Gasteiger partial charge in [0.25, 0.3) is 0 Å². The molecule has 7 heteroatoms. The Morgan fingerprint density at radius 2 is 2.08 bits per heavy atom. The Balaban J connectivity index is 1.82. The highest BCUT2D eigenvalue weighted by Crippen LogP contribution is 2.33. The van der Waals surface area contributed by atoms with Crippen molar-refractivity contribution < 1.29 is 5.11 Å². The third kappa shape index (κ3) is 3.96. The number of aromatic nitrogens is 4. The molecule has 0 spiro atoms. The van der Waals surface area contributed by atoms with Crippen molar-refractivity contribution in [3.05, 3.63) is 41.7 Å². The van der Waals surface area contributed by atoms with Gasteiger partial charge in [0.15, 0.2) is 5.82 Å². The minimum absolute atomic E-state index is 0.130. The Kier molecular flexibility index (Phi) is 6.23. The first kappa shape index (κ1) is 17.4.